The van der Waals surface area contributed by atoms with Gasteiger partial charge in [-0.05, 0) is 12.3 Å². The summed E-state index contributed by atoms with van der Waals surface area (Å²) in [5.41, 5.74) is 8.01. The number of hydrogen-bond acceptors (Lipinski definition) is 3. The maximum Gasteiger partial charge on any atom is 0.130 e. The van der Waals surface area contributed by atoms with E-state index in [1.165, 1.54) is 0 Å². The number of aromatic nitrogens is 2. The number of nitrogens with zero attached hydrogens (tertiary/aromatic N) is 2. The fraction of sp³-hybridized carbons (Fsp3) is 0.600. The molecule has 0 aliphatic carbocycles. The summed E-state index contributed by atoms with van der Waals surface area (Å²) in [5, 5.41) is 0. The first kappa shape index (κ1) is 9.96. The predicted octanol–water partition coefficient (Wildman–Crippen LogP) is 2.13. The fourth-order valence-electron chi connectivity index (χ4n) is 1.44. The molecule has 72 valence electrons. The molecule has 3 nitrogen and oxygen atoms in total. The van der Waals surface area contributed by atoms with Gasteiger partial charge in [0.25, 0.3) is 0 Å². The third-order valence-electron chi connectivity index (χ3n) is 2.06. The van der Waals surface area contributed by atoms with Crippen molar-refractivity contribution in [1.29, 1.82) is 0 Å². The molecule has 13 heavy (non-hydrogen) atoms. The van der Waals surface area contributed by atoms with Gasteiger partial charge in [-0.3, -0.25) is 0 Å². The molecule has 0 aliphatic heterocycles. The van der Waals surface area contributed by atoms with Gasteiger partial charge in [-0.15, -0.1) is 0 Å². The van der Waals surface area contributed by atoms with Crippen LogP contribution in [0.5, 0.6) is 0 Å². The van der Waals surface area contributed by atoms with Crippen LogP contribution in [0, 0.1) is 0 Å². The first-order chi connectivity index (χ1) is 6.16. The Balaban J connectivity index is 3.09. The molecule has 1 aromatic heterocycles. The first-order valence-electron chi connectivity index (χ1n) is 4.76. The average Bonchev–Trinajstić information content (AvgIpc) is 2.08. The maximum atomic E-state index is 5.79. The van der Waals surface area contributed by atoms with E-state index in [0.717, 1.165) is 24.1 Å². The molecule has 0 fully saturated rings. The van der Waals surface area contributed by atoms with Crippen molar-refractivity contribution in [2.24, 2.45) is 0 Å². The molecule has 1 aromatic rings. The molecule has 1 rings (SSSR count). The van der Waals surface area contributed by atoms with Gasteiger partial charge < -0.3 is 5.73 Å². The Kier molecular flexibility index (Phi) is 3.23. The van der Waals surface area contributed by atoms with Crippen molar-refractivity contribution in [2.45, 2.75) is 39.5 Å². The molecule has 0 amide bonds. The van der Waals surface area contributed by atoms with Crippen LogP contribution in [0.3, 0.4) is 0 Å². The normalized spacial score (nSPS) is 10.8. The molecule has 0 saturated heterocycles. The van der Waals surface area contributed by atoms with Gasteiger partial charge in [0.05, 0.1) is 5.69 Å². The number of nitrogens with two attached hydrogens (primary N) is 1. The molecule has 0 spiro atoms. The van der Waals surface area contributed by atoms with E-state index in [-0.39, 0.29) is 0 Å². The smallest absolute Gasteiger partial charge is 0.130 e. The van der Waals surface area contributed by atoms with E-state index < -0.39 is 0 Å². The molecule has 0 aromatic carbocycles. The van der Waals surface area contributed by atoms with Gasteiger partial charge in [0.15, 0.2) is 0 Å². The quantitative estimate of drug-likeness (QED) is 0.773. The summed E-state index contributed by atoms with van der Waals surface area (Å²) >= 11 is 0. The zero-order valence-corrected chi connectivity index (χ0v) is 8.54. The van der Waals surface area contributed by atoms with Gasteiger partial charge in [-0.1, -0.05) is 27.2 Å². The highest BCUT2D eigenvalue weighted by Gasteiger charge is 2.10. The zero-order chi connectivity index (χ0) is 9.84. The molecular formula is C10H17N3. The Hall–Kier alpha value is -1.12. The van der Waals surface area contributed by atoms with E-state index in [9.17, 15) is 0 Å². The second-order valence-electron chi connectivity index (χ2n) is 3.53. The van der Waals surface area contributed by atoms with E-state index in [0.29, 0.717) is 11.7 Å². The largest absolute Gasteiger partial charge is 0.383 e. The summed E-state index contributed by atoms with van der Waals surface area (Å²) < 4.78 is 0. The predicted molar refractivity (Wildman–Crippen MR) is 54.5 cm³/mol. The van der Waals surface area contributed by atoms with Crippen molar-refractivity contribution >= 4 is 5.82 Å². The molecule has 0 radical (unpaired) electrons. The molecule has 2 N–H and O–H groups in total. The van der Waals surface area contributed by atoms with Crippen LogP contribution in [0.1, 0.15) is 44.4 Å². The van der Waals surface area contributed by atoms with E-state index in [4.69, 9.17) is 5.73 Å². The summed E-state index contributed by atoms with van der Waals surface area (Å²) in [6.45, 7) is 6.39. The van der Waals surface area contributed by atoms with Gasteiger partial charge in [-0.25, -0.2) is 9.97 Å². The average molecular weight is 179 g/mol. The highest BCUT2D eigenvalue weighted by Crippen LogP contribution is 2.21. The lowest BCUT2D eigenvalue weighted by atomic mass is 10.0. The minimum atomic E-state index is 0.423. The van der Waals surface area contributed by atoms with E-state index in [2.05, 4.69) is 30.7 Å². The summed E-state index contributed by atoms with van der Waals surface area (Å²) in [7, 11) is 0. The minimum absolute atomic E-state index is 0.423. The number of hydrogen-bond donors (Lipinski definition) is 1. The Bertz CT molecular complexity index is 281. The lowest BCUT2D eigenvalue weighted by Crippen LogP contribution is -2.06. The lowest BCUT2D eigenvalue weighted by molar-refractivity contribution is 0.774. The SMILES string of the molecule is CCCc1c(N)ncnc1C(C)C. The van der Waals surface area contributed by atoms with Crippen molar-refractivity contribution in [3.8, 4) is 0 Å². The Labute approximate surface area is 79.4 Å². The van der Waals surface area contributed by atoms with Gasteiger partial charge in [0.1, 0.15) is 12.1 Å². The third-order valence-corrected chi connectivity index (χ3v) is 2.06. The summed E-state index contributed by atoms with van der Waals surface area (Å²) in [4.78, 5) is 8.27. The molecule has 0 saturated carbocycles. The van der Waals surface area contributed by atoms with Gasteiger partial charge in [0.2, 0.25) is 0 Å². The van der Waals surface area contributed by atoms with Crippen LogP contribution in [0.15, 0.2) is 6.33 Å². The van der Waals surface area contributed by atoms with Gasteiger partial charge >= 0.3 is 0 Å². The van der Waals surface area contributed by atoms with Crippen LogP contribution in [-0.2, 0) is 6.42 Å². The third kappa shape index (κ3) is 2.17. The van der Waals surface area contributed by atoms with Crippen LogP contribution in [-0.4, -0.2) is 9.97 Å². The number of rotatable bonds is 3. The fourth-order valence-corrected chi connectivity index (χ4v) is 1.44. The second-order valence-corrected chi connectivity index (χ2v) is 3.53. The van der Waals surface area contributed by atoms with E-state index in [1.54, 1.807) is 6.33 Å². The van der Waals surface area contributed by atoms with Crippen LogP contribution in [0.2, 0.25) is 0 Å². The zero-order valence-electron chi connectivity index (χ0n) is 8.54. The standard InChI is InChI=1S/C10H17N3/c1-4-5-8-9(7(2)3)12-6-13-10(8)11/h6-7H,4-5H2,1-3H3,(H2,11,12,13). The highest BCUT2D eigenvalue weighted by atomic mass is 14.9. The minimum Gasteiger partial charge on any atom is -0.383 e. The Morgan fingerprint density at radius 1 is 1.38 bits per heavy atom. The lowest BCUT2D eigenvalue weighted by Gasteiger charge is -2.11. The maximum absolute atomic E-state index is 5.79. The summed E-state index contributed by atoms with van der Waals surface area (Å²) in [6.07, 6.45) is 3.60. The van der Waals surface area contributed by atoms with Crippen molar-refractivity contribution in [3.05, 3.63) is 17.6 Å². The van der Waals surface area contributed by atoms with Crippen LogP contribution in [0.4, 0.5) is 5.82 Å². The number of anilines is 1. The topological polar surface area (TPSA) is 51.8 Å². The van der Waals surface area contributed by atoms with Crippen molar-refractivity contribution in [3.63, 3.8) is 0 Å². The molecule has 0 atom stereocenters. The van der Waals surface area contributed by atoms with Crippen molar-refractivity contribution in [1.82, 2.24) is 9.97 Å². The van der Waals surface area contributed by atoms with Gasteiger partial charge in [-0.2, -0.15) is 0 Å². The Morgan fingerprint density at radius 3 is 2.62 bits per heavy atom. The molecule has 0 unspecified atom stereocenters. The van der Waals surface area contributed by atoms with Crippen molar-refractivity contribution < 1.29 is 0 Å². The summed E-state index contributed by atoms with van der Waals surface area (Å²) in [6, 6.07) is 0. The monoisotopic (exact) mass is 179 g/mol. The Morgan fingerprint density at radius 2 is 2.08 bits per heavy atom. The van der Waals surface area contributed by atoms with Crippen LogP contribution >= 0.6 is 0 Å². The second kappa shape index (κ2) is 4.21. The summed E-state index contributed by atoms with van der Waals surface area (Å²) in [5.74, 6) is 1.06. The van der Waals surface area contributed by atoms with Crippen LogP contribution < -0.4 is 5.73 Å². The number of nitrogen functional groups attached to an aromatic ring is 1. The molecule has 0 bridgehead atoms. The van der Waals surface area contributed by atoms with E-state index in [1.807, 2.05) is 0 Å². The highest BCUT2D eigenvalue weighted by molar-refractivity contribution is 5.42. The first-order valence-corrected chi connectivity index (χ1v) is 4.76. The molecular weight excluding hydrogens is 162 g/mol. The van der Waals surface area contributed by atoms with Crippen LogP contribution in [0.25, 0.3) is 0 Å². The molecule has 1 heterocycles. The molecule has 0 aliphatic rings. The van der Waals surface area contributed by atoms with E-state index >= 15 is 0 Å². The molecule has 3 heteroatoms. The van der Waals surface area contributed by atoms with Gasteiger partial charge in [0, 0.05) is 5.56 Å². The van der Waals surface area contributed by atoms with Crippen molar-refractivity contribution in [2.75, 3.05) is 5.73 Å².